The quantitative estimate of drug-likeness (QED) is 0.675. The molecular weight excluding hydrogens is 254 g/mol. The van der Waals surface area contributed by atoms with Gasteiger partial charge in [0.25, 0.3) is 5.91 Å². The van der Waals surface area contributed by atoms with Crippen molar-refractivity contribution in [2.75, 3.05) is 0 Å². The average Bonchev–Trinajstić information content (AvgIpc) is 2.53. The second-order valence-corrected chi connectivity index (χ2v) is 4.14. The highest BCUT2D eigenvalue weighted by molar-refractivity contribution is 5.99. The van der Waals surface area contributed by atoms with E-state index in [0.717, 1.165) is 12.0 Å². The number of nitrogens with zero attached hydrogens (tertiary/aromatic N) is 4. The van der Waals surface area contributed by atoms with Crippen LogP contribution in [-0.4, -0.2) is 26.8 Å². The molecule has 0 bridgehead atoms. The highest BCUT2D eigenvalue weighted by Gasteiger charge is 2.09. The molecule has 2 aromatic rings. The van der Waals surface area contributed by atoms with Gasteiger partial charge in [-0.15, -0.1) is 10.2 Å². The van der Waals surface area contributed by atoms with E-state index in [-0.39, 0.29) is 5.91 Å². The van der Waals surface area contributed by atoms with Gasteiger partial charge in [-0.1, -0.05) is 25.1 Å². The van der Waals surface area contributed by atoms with Crippen LogP contribution in [0.2, 0.25) is 0 Å². The molecule has 0 unspecified atom stereocenters. The van der Waals surface area contributed by atoms with Gasteiger partial charge in [0.15, 0.2) is 0 Å². The number of aromatic nitrogens is 3. The van der Waals surface area contributed by atoms with Crippen LogP contribution in [0.25, 0.3) is 0 Å². The summed E-state index contributed by atoms with van der Waals surface area (Å²) in [6.45, 7) is 3.74. The van der Waals surface area contributed by atoms with Gasteiger partial charge in [0, 0.05) is 5.56 Å². The van der Waals surface area contributed by atoms with E-state index in [1.54, 1.807) is 13.0 Å². The highest BCUT2D eigenvalue weighted by atomic mass is 16.2. The third-order valence-electron chi connectivity index (χ3n) is 2.82. The van der Waals surface area contributed by atoms with Crippen LogP contribution >= 0.6 is 0 Å². The summed E-state index contributed by atoms with van der Waals surface area (Å²) < 4.78 is 0. The summed E-state index contributed by atoms with van der Waals surface area (Å²) in [7, 11) is 0. The maximum atomic E-state index is 12.1. The SMILES string of the molecule is CCc1ccccc1C(=O)N/N=C(/C)c1cncnn1. The van der Waals surface area contributed by atoms with Crippen LogP contribution in [-0.2, 0) is 6.42 Å². The van der Waals surface area contributed by atoms with Crippen molar-refractivity contribution in [3.8, 4) is 0 Å². The van der Waals surface area contributed by atoms with E-state index < -0.39 is 0 Å². The number of carbonyl (C=O) groups excluding carboxylic acids is 1. The van der Waals surface area contributed by atoms with E-state index in [9.17, 15) is 4.79 Å². The first kappa shape index (κ1) is 13.8. The van der Waals surface area contributed by atoms with Crippen molar-refractivity contribution >= 4 is 11.6 Å². The number of aryl methyl sites for hydroxylation is 1. The maximum absolute atomic E-state index is 12.1. The number of amides is 1. The number of carbonyl (C=O) groups is 1. The van der Waals surface area contributed by atoms with Gasteiger partial charge in [0.2, 0.25) is 0 Å². The molecular formula is C14H15N5O. The molecule has 2 rings (SSSR count). The minimum Gasteiger partial charge on any atom is -0.267 e. The van der Waals surface area contributed by atoms with E-state index in [4.69, 9.17) is 0 Å². The van der Waals surface area contributed by atoms with Crippen LogP contribution in [0.1, 0.15) is 35.5 Å². The molecule has 102 valence electrons. The van der Waals surface area contributed by atoms with Gasteiger partial charge < -0.3 is 0 Å². The minimum atomic E-state index is -0.237. The van der Waals surface area contributed by atoms with Crippen LogP contribution in [0, 0.1) is 0 Å². The van der Waals surface area contributed by atoms with Gasteiger partial charge in [0.1, 0.15) is 12.0 Å². The molecule has 0 aliphatic rings. The molecule has 1 amide bonds. The van der Waals surface area contributed by atoms with E-state index in [1.807, 2.05) is 25.1 Å². The Bertz CT molecular complexity index is 624. The zero-order chi connectivity index (χ0) is 14.4. The Balaban J connectivity index is 2.12. The number of hydrogen-bond donors (Lipinski definition) is 1. The lowest BCUT2D eigenvalue weighted by Gasteiger charge is -2.06. The normalized spacial score (nSPS) is 11.2. The van der Waals surface area contributed by atoms with Crippen LogP contribution in [0.3, 0.4) is 0 Å². The Labute approximate surface area is 117 Å². The molecule has 0 fully saturated rings. The fourth-order valence-electron chi connectivity index (χ4n) is 1.72. The van der Waals surface area contributed by atoms with Crippen LogP contribution in [0.5, 0.6) is 0 Å². The summed E-state index contributed by atoms with van der Waals surface area (Å²) in [5.74, 6) is -0.237. The second-order valence-electron chi connectivity index (χ2n) is 4.14. The smallest absolute Gasteiger partial charge is 0.267 e. The molecule has 1 N–H and O–H groups in total. The molecule has 1 aromatic heterocycles. The number of rotatable bonds is 4. The lowest BCUT2D eigenvalue weighted by molar-refractivity contribution is 0.0954. The number of benzene rings is 1. The Kier molecular flexibility index (Phi) is 4.49. The van der Waals surface area contributed by atoms with Crippen molar-refractivity contribution in [1.29, 1.82) is 0 Å². The topological polar surface area (TPSA) is 80.1 Å². The first-order chi connectivity index (χ1) is 9.72. The van der Waals surface area contributed by atoms with E-state index in [1.165, 1.54) is 12.5 Å². The van der Waals surface area contributed by atoms with E-state index in [2.05, 4.69) is 25.7 Å². The maximum Gasteiger partial charge on any atom is 0.271 e. The van der Waals surface area contributed by atoms with Crippen molar-refractivity contribution in [3.63, 3.8) is 0 Å². The van der Waals surface area contributed by atoms with Crippen molar-refractivity contribution in [2.45, 2.75) is 20.3 Å². The number of nitrogens with one attached hydrogen (secondary N) is 1. The van der Waals surface area contributed by atoms with Gasteiger partial charge in [0.05, 0.1) is 11.9 Å². The molecule has 6 heteroatoms. The van der Waals surface area contributed by atoms with Crippen molar-refractivity contribution in [3.05, 3.63) is 53.6 Å². The largest absolute Gasteiger partial charge is 0.271 e. The summed E-state index contributed by atoms with van der Waals surface area (Å²) in [6, 6.07) is 7.45. The third-order valence-corrected chi connectivity index (χ3v) is 2.82. The second kappa shape index (κ2) is 6.51. The van der Waals surface area contributed by atoms with Gasteiger partial charge in [-0.2, -0.15) is 5.10 Å². The molecule has 1 aromatic carbocycles. The molecule has 0 spiro atoms. The zero-order valence-electron chi connectivity index (χ0n) is 11.4. The predicted molar refractivity (Wildman–Crippen MR) is 75.3 cm³/mol. The molecule has 1 heterocycles. The van der Waals surface area contributed by atoms with Crippen molar-refractivity contribution in [1.82, 2.24) is 20.6 Å². The number of hydrogen-bond acceptors (Lipinski definition) is 5. The Hall–Kier alpha value is -2.63. The minimum absolute atomic E-state index is 0.237. The van der Waals surface area contributed by atoms with Gasteiger partial charge >= 0.3 is 0 Å². The van der Waals surface area contributed by atoms with Crippen LogP contribution in [0.4, 0.5) is 0 Å². The standard InChI is InChI=1S/C14H15N5O/c1-3-11-6-4-5-7-12(11)14(20)19-17-10(2)13-8-15-9-16-18-13/h4-9H,3H2,1-2H3,(H,19,20)/b17-10-. The summed E-state index contributed by atoms with van der Waals surface area (Å²) in [4.78, 5) is 15.9. The molecule has 0 aliphatic carbocycles. The highest BCUT2D eigenvalue weighted by Crippen LogP contribution is 2.09. The number of hydrazone groups is 1. The average molecular weight is 269 g/mol. The summed E-state index contributed by atoms with van der Waals surface area (Å²) in [5.41, 5.74) is 5.21. The molecule has 0 atom stereocenters. The fraction of sp³-hybridized carbons (Fsp3) is 0.214. The van der Waals surface area contributed by atoms with Gasteiger partial charge in [-0.05, 0) is 25.0 Å². The lowest BCUT2D eigenvalue weighted by atomic mass is 10.1. The summed E-state index contributed by atoms with van der Waals surface area (Å²) >= 11 is 0. The molecule has 0 saturated heterocycles. The van der Waals surface area contributed by atoms with E-state index in [0.29, 0.717) is 17.0 Å². The molecule has 0 aliphatic heterocycles. The van der Waals surface area contributed by atoms with Crippen molar-refractivity contribution in [2.24, 2.45) is 5.10 Å². The first-order valence-corrected chi connectivity index (χ1v) is 6.28. The lowest BCUT2D eigenvalue weighted by Crippen LogP contribution is -2.21. The molecule has 0 saturated carbocycles. The van der Waals surface area contributed by atoms with Crippen molar-refractivity contribution < 1.29 is 4.79 Å². The van der Waals surface area contributed by atoms with Gasteiger partial charge in [-0.3, -0.25) is 4.79 Å². The first-order valence-electron chi connectivity index (χ1n) is 6.28. The van der Waals surface area contributed by atoms with Gasteiger partial charge in [-0.25, -0.2) is 10.4 Å². The Morgan fingerprint density at radius 1 is 1.35 bits per heavy atom. The zero-order valence-corrected chi connectivity index (χ0v) is 11.4. The predicted octanol–water partition coefficient (Wildman–Crippen LogP) is 1.59. The van der Waals surface area contributed by atoms with Crippen LogP contribution < -0.4 is 5.43 Å². The monoisotopic (exact) mass is 269 g/mol. The van der Waals surface area contributed by atoms with E-state index >= 15 is 0 Å². The molecule has 20 heavy (non-hydrogen) atoms. The fourth-order valence-corrected chi connectivity index (χ4v) is 1.72. The summed E-state index contributed by atoms with van der Waals surface area (Å²) in [5, 5.41) is 11.6. The third kappa shape index (κ3) is 3.23. The summed E-state index contributed by atoms with van der Waals surface area (Å²) in [6.07, 6.45) is 3.67. The Morgan fingerprint density at radius 2 is 2.15 bits per heavy atom. The Morgan fingerprint density at radius 3 is 2.85 bits per heavy atom. The van der Waals surface area contributed by atoms with Crippen LogP contribution in [0.15, 0.2) is 41.9 Å². The molecule has 6 nitrogen and oxygen atoms in total. The molecule has 0 radical (unpaired) electrons.